The van der Waals surface area contributed by atoms with Gasteiger partial charge < -0.3 is 4.90 Å². The number of hydrogen-bond donors (Lipinski definition) is 0. The molecule has 27 heavy (non-hydrogen) atoms. The normalized spacial score (nSPS) is 19.9. The summed E-state index contributed by atoms with van der Waals surface area (Å²) in [4.78, 5) is 17.3. The van der Waals surface area contributed by atoms with Crippen LogP contribution in [0.1, 0.15) is 30.0 Å². The van der Waals surface area contributed by atoms with E-state index < -0.39 is 0 Å². The van der Waals surface area contributed by atoms with E-state index in [1.807, 2.05) is 59.5 Å². The Morgan fingerprint density at radius 2 is 1.63 bits per heavy atom. The third-order valence-electron chi connectivity index (χ3n) is 5.76. The molecule has 1 heterocycles. The van der Waals surface area contributed by atoms with Gasteiger partial charge in [-0.1, -0.05) is 54.1 Å². The van der Waals surface area contributed by atoms with Crippen molar-refractivity contribution >= 4 is 17.5 Å². The molecule has 0 radical (unpaired) electrons. The summed E-state index contributed by atoms with van der Waals surface area (Å²) in [6.45, 7) is 2.77. The number of nitrogens with zero attached hydrogens (tertiary/aromatic N) is 3. The molecule has 2 aromatic carbocycles. The lowest BCUT2D eigenvalue weighted by Crippen LogP contribution is -2.52. The number of carbonyl (C=O) groups is 1. The largest absolute Gasteiger partial charge is 0.339 e. The van der Waals surface area contributed by atoms with Crippen LogP contribution in [0.4, 0.5) is 0 Å². The van der Waals surface area contributed by atoms with E-state index in [0.717, 1.165) is 37.1 Å². The number of carbonyl (C=O) groups excluding carboxylic acids is 1. The van der Waals surface area contributed by atoms with Gasteiger partial charge in [0.2, 0.25) is 5.91 Å². The van der Waals surface area contributed by atoms with Crippen LogP contribution in [0, 0.1) is 11.3 Å². The van der Waals surface area contributed by atoms with Crippen molar-refractivity contribution in [3.05, 3.63) is 70.7 Å². The molecule has 4 nitrogen and oxygen atoms in total. The number of rotatable bonds is 4. The molecule has 1 saturated heterocycles. The average molecular weight is 380 g/mol. The van der Waals surface area contributed by atoms with Gasteiger partial charge in [0.25, 0.3) is 0 Å². The summed E-state index contributed by atoms with van der Waals surface area (Å²) in [5, 5.41) is 10.3. The maximum Gasteiger partial charge on any atom is 0.233 e. The lowest BCUT2D eigenvalue weighted by molar-refractivity contribution is -0.136. The van der Waals surface area contributed by atoms with Crippen molar-refractivity contribution < 1.29 is 4.79 Å². The Bertz CT molecular complexity index is 847. The molecule has 0 bridgehead atoms. The molecule has 2 aliphatic rings. The van der Waals surface area contributed by atoms with Gasteiger partial charge in [-0.2, -0.15) is 5.26 Å². The highest BCUT2D eigenvalue weighted by atomic mass is 35.5. The van der Waals surface area contributed by atoms with Crippen molar-refractivity contribution in [3.8, 4) is 6.07 Å². The van der Waals surface area contributed by atoms with Crippen LogP contribution in [0.3, 0.4) is 0 Å². The van der Waals surface area contributed by atoms with E-state index in [4.69, 9.17) is 11.6 Å². The van der Waals surface area contributed by atoms with Crippen molar-refractivity contribution in [1.29, 1.82) is 5.26 Å². The molecule has 1 atom stereocenters. The third kappa shape index (κ3) is 3.45. The minimum absolute atomic E-state index is 0.220. The molecule has 0 aromatic heterocycles. The van der Waals surface area contributed by atoms with E-state index >= 15 is 0 Å². The van der Waals surface area contributed by atoms with Crippen LogP contribution in [0.5, 0.6) is 0 Å². The number of amides is 1. The summed E-state index contributed by atoms with van der Waals surface area (Å²) < 4.78 is 0. The van der Waals surface area contributed by atoms with Crippen LogP contribution in [-0.2, 0) is 10.2 Å². The predicted molar refractivity (Wildman–Crippen MR) is 105 cm³/mol. The molecular weight excluding hydrogens is 358 g/mol. The molecule has 1 aliphatic carbocycles. The Morgan fingerprint density at radius 3 is 2.19 bits per heavy atom. The molecule has 2 fully saturated rings. The van der Waals surface area contributed by atoms with Crippen molar-refractivity contribution in [3.63, 3.8) is 0 Å². The molecule has 1 aliphatic heterocycles. The average Bonchev–Trinajstić information content (AvgIpc) is 3.52. The molecule has 0 N–H and O–H groups in total. The minimum Gasteiger partial charge on any atom is -0.339 e. The first-order chi connectivity index (χ1) is 13.1. The van der Waals surface area contributed by atoms with Crippen LogP contribution in [0.2, 0.25) is 5.02 Å². The molecule has 5 heteroatoms. The van der Waals surface area contributed by atoms with E-state index in [1.165, 1.54) is 0 Å². The van der Waals surface area contributed by atoms with Gasteiger partial charge in [0.15, 0.2) is 0 Å². The van der Waals surface area contributed by atoms with Gasteiger partial charge >= 0.3 is 0 Å². The van der Waals surface area contributed by atoms with Gasteiger partial charge in [0.1, 0.15) is 6.04 Å². The van der Waals surface area contributed by atoms with E-state index in [2.05, 4.69) is 11.0 Å². The van der Waals surface area contributed by atoms with Crippen LogP contribution >= 0.6 is 11.6 Å². The second-order valence-corrected chi connectivity index (χ2v) is 7.80. The predicted octanol–water partition coefficient (Wildman–Crippen LogP) is 3.78. The maximum absolute atomic E-state index is 13.2. The standard InChI is InChI=1S/C22H22ClN3O/c23-19-8-6-18(7-9-19)22(10-11-22)21(27)26-14-12-25(13-15-26)20(16-24)17-4-2-1-3-5-17/h1-9,20H,10-15H2. The molecular formula is C22H22ClN3O. The molecule has 2 aromatic rings. The second-order valence-electron chi connectivity index (χ2n) is 7.36. The fourth-order valence-electron chi connectivity index (χ4n) is 4.01. The van der Waals surface area contributed by atoms with Crippen LogP contribution in [0.15, 0.2) is 54.6 Å². The smallest absolute Gasteiger partial charge is 0.233 e. The zero-order chi connectivity index (χ0) is 18.9. The van der Waals surface area contributed by atoms with Gasteiger partial charge in [-0.05, 0) is 36.1 Å². The molecule has 1 unspecified atom stereocenters. The quantitative estimate of drug-likeness (QED) is 0.812. The number of benzene rings is 2. The van der Waals surface area contributed by atoms with E-state index in [0.29, 0.717) is 18.1 Å². The SMILES string of the molecule is N#CC(c1ccccc1)N1CCN(C(=O)C2(c3ccc(Cl)cc3)CC2)CC1. The fourth-order valence-corrected chi connectivity index (χ4v) is 4.13. The van der Waals surface area contributed by atoms with Crippen LogP contribution in [0.25, 0.3) is 0 Å². The second kappa shape index (κ2) is 7.34. The molecule has 1 saturated carbocycles. The summed E-state index contributed by atoms with van der Waals surface area (Å²) in [5.74, 6) is 0.220. The Morgan fingerprint density at radius 1 is 1.00 bits per heavy atom. The van der Waals surface area contributed by atoms with Crippen molar-refractivity contribution in [2.24, 2.45) is 0 Å². The summed E-state index contributed by atoms with van der Waals surface area (Å²) in [6, 6.07) is 19.7. The van der Waals surface area contributed by atoms with E-state index in [9.17, 15) is 10.1 Å². The monoisotopic (exact) mass is 379 g/mol. The summed E-state index contributed by atoms with van der Waals surface area (Å²) >= 11 is 5.99. The molecule has 138 valence electrons. The van der Waals surface area contributed by atoms with Gasteiger partial charge in [-0.25, -0.2) is 0 Å². The Labute approximate surface area is 165 Å². The molecule has 4 rings (SSSR count). The summed E-state index contributed by atoms with van der Waals surface area (Å²) in [5.41, 5.74) is 1.72. The summed E-state index contributed by atoms with van der Waals surface area (Å²) in [6.07, 6.45) is 1.80. The van der Waals surface area contributed by atoms with E-state index in [-0.39, 0.29) is 17.4 Å². The van der Waals surface area contributed by atoms with Crippen molar-refractivity contribution in [2.75, 3.05) is 26.2 Å². The highest BCUT2D eigenvalue weighted by Crippen LogP contribution is 2.50. The zero-order valence-electron chi connectivity index (χ0n) is 15.1. The number of nitriles is 1. The van der Waals surface area contributed by atoms with Gasteiger partial charge in [-0.3, -0.25) is 9.69 Å². The Kier molecular flexibility index (Phi) is 4.90. The first-order valence-corrected chi connectivity index (χ1v) is 9.76. The lowest BCUT2D eigenvalue weighted by Gasteiger charge is -2.38. The number of hydrogen-bond acceptors (Lipinski definition) is 3. The van der Waals surface area contributed by atoms with Crippen LogP contribution < -0.4 is 0 Å². The fraction of sp³-hybridized carbons (Fsp3) is 0.364. The van der Waals surface area contributed by atoms with Gasteiger partial charge in [0, 0.05) is 31.2 Å². The Hall–Kier alpha value is -2.35. The van der Waals surface area contributed by atoms with Crippen LogP contribution in [-0.4, -0.2) is 41.9 Å². The van der Waals surface area contributed by atoms with Gasteiger partial charge in [-0.15, -0.1) is 0 Å². The molecule has 0 spiro atoms. The van der Waals surface area contributed by atoms with Crippen molar-refractivity contribution in [1.82, 2.24) is 9.80 Å². The first-order valence-electron chi connectivity index (χ1n) is 9.38. The highest BCUT2D eigenvalue weighted by Gasteiger charge is 2.53. The maximum atomic E-state index is 13.2. The summed E-state index contributed by atoms with van der Waals surface area (Å²) in [7, 11) is 0. The van der Waals surface area contributed by atoms with E-state index in [1.54, 1.807) is 0 Å². The molecule has 1 amide bonds. The lowest BCUT2D eigenvalue weighted by atomic mass is 9.94. The zero-order valence-corrected chi connectivity index (χ0v) is 15.9. The third-order valence-corrected chi connectivity index (χ3v) is 6.01. The first kappa shape index (κ1) is 18.0. The van der Waals surface area contributed by atoms with Gasteiger partial charge in [0.05, 0.1) is 11.5 Å². The highest BCUT2D eigenvalue weighted by molar-refractivity contribution is 6.30. The number of piperazine rings is 1. The topological polar surface area (TPSA) is 47.3 Å². The van der Waals surface area contributed by atoms with Crippen molar-refractivity contribution in [2.45, 2.75) is 24.3 Å². The number of halogens is 1. The Balaban J connectivity index is 1.43. The minimum atomic E-state index is -0.360.